The van der Waals surface area contributed by atoms with Crippen LogP contribution in [0.5, 0.6) is 0 Å². The van der Waals surface area contributed by atoms with Gasteiger partial charge in [0.25, 0.3) is 0 Å². The van der Waals surface area contributed by atoms with Gasteiger partial charge in [-0.1, -0.05) is 18.2 Å². The van der Waals surface area contributed by atoms with Gasteiger partial charge in [-0.3, -0.25) is 9.69 Å². The summed E-state index contributed by atoms with van der Waals surface area (Å²) < 4.78 is 102. The fourth-order valence-corrected chi connectivity index (χ4v) is 8.08. The van der Waals surface area contributed by atoms with Crippen LogP contribution in [0.2, 0.25) is 0 Å². The fourth-order valence-electron chi connectivity index (χ4n) is 5.14. The van der Waals surface area contributed by atoms with Crippen molar-refractivity contribution < 1.29 is 44.3 Å². The number of piperidine rings is 1. The fraction of sp³-hybridized carbons (Fsp3) is 0.500. The number of carbonyl (C=O) groups is 2. The van der Waals surface area contributed by atoms with Crippen molar-refractivity contribution in [3.8, 4) is 0 Å². The van der Waals surface area contributed by atoms with E-state index in [4.69, 9.17) is 4.74 Å². The zero-order valence-electron chi connectivity index (χ0n) is 23.9. The summed E-state index contributed by atoms with van der Waals surface area (Å²) in [5.41, 5.74) is -2.23. The monoisotopic (exact) mass is 645 g/mol. The summed E-state index contributed by atoms with van der Waals surface area (Å²) in [6.07, 6.45) is -4.39. The lowest BCUT2D eigenvalue weighted by molar-refractivity contribution is -0.140. The lowest BCUT2D eigenvalue weighted by Crippen LogP contribution is -2.53. The maximum absolute atomic E-state index is 13.9. The Morgan fingerprint density at radius 1 is 0.884 bits per heavy atom. The molecule has 2 aromatic carbocycles. The Kier molecular flexibility index (Phi) is 9.20. The Balaban J connectivity index is 1.49. The van der Waals surface area contributed by atoms with Gasteiger partial charge in [0.05, 0.1) is 20.2 Å². The third-order valence-corrected chi connectivity index (χ3v) is 10.5. The van der Waals surface area contributed by atoms with Gasteiger partial charge in [-0.05, 0) is 76.8 Å². The molecule has 0 unspecified atom stereocenters. The number of sulfone groups is 1. The largest absolute Gasteiger partial charge is 0.444 e. The Hall–Kier alpha value is -3.17. The second-order valence-electron chi connectivity index (χ2n) is 11.5. The molecule has 0 bridgehead atoms. The molecule has 1 atom stereocenters. The number of likely N-dealkylation sites (tertiary alicyclic amines) is 2. The molecule has 43 heavy (non-hydrogen) atoms. The molecule has 10 nitrogen and oxygen atoms in total. The first-order chi connectivity index (χ1) is 19.9. The number of carbonyl (C=O) groups excluding carboxylic acids is 2. The second kappa shape index (κ2) is 12.1. The van der Waals surface area contributed by atoms with Crippen molar-refractivity contribution >= 4 is 31.9 Å². The van der Waals surface area contributed by atoms with Gasteiger partial charge in [0, 0.05) is 25.7 Å². The van der Waals surface area contributed by atoms with Crippen LogP contribution in [0.4, 0.5) is 18.0 Å². The number of hydrogen-bond acceptors (Lipinski definition) is 7. The van der Waals surface area contributed by atoms with Crippen molar-refractivity contribution in [3.05, 3.63) is 54.1 Å². The summed E-state index contributed by atoms with van der Waals surface area (Å²) in [4.78, 5) is 26.8. The van der Waals surface area contributed by atoms with Crippen LogP contribution >= 0.6 is 0 Å². The van der Waals surface area contributed by atoms with E-state index >= 15 is 0 Å². The SMILES string of the molecule is CC(C)(C)OC(=O)N1CCC[C@H]1C(=O)N1CCC(NS(=O)(=O)c2cc(S(=O)(=O)c3ccccc3)ccc2C(F)(F)F)CC1. The highest BCUT2D eigenvalue weighted by Gasteiger charge is 2.41. The van der Waals surface area contributed by atoms with Crippen LogP contribution in [0.25, 0.3) is 0 Å². The smallest absolute Gasteiger partial charge is 0.417 e. The number of nitrogens with one attached hydrogen (secondary N) is 1. The average molecular weight is 646 g/mol. The van der Waals surface area contributed by atoms with Gasteiger partial charge in [0.2, 0.25) is 25.8 Å². The van der Waals surface area contributed by atoms with E-state index in [9.17, 15) is 39.6 Å². The molecule has 2 aliphatic rings. The minimum Gasteiger partial charge on any atom is -0.444 e. The van der Waals surface area contributed by atoms with Crippen LogP contribution in [0.15, 0.2) is 63.2 Å². The molecule has 4 rings (SSSR count). The number of hydrogen-bond donors (Lipinski definition) is 1. The summed E-state index contributed by atoms with van der Waals surface area (Å²) in [6, 6.07) is 7.14. The summed E-state index contributed by atoms with van der Waals surface area (Å²) in [7, 11) is -9.14. The molecule has 236 valence electrons. The predicted octanol–water partition coefficient (Wildman–Crippen LogP) is 4.21. The van der Waals surface area contributed by atoms with Crippen molar-refractivity contribution in [2.75, 3.05) is 19.6 Å². The first kappa shape index (κ1) is 32.7. The lowest BCUT2D eigenvalue weighted by Gasteiger charge is -2.36. The number of rotatable bonds is 6. The van der Waals surface area contributed by atoms with Crippen molar-refractivity contribution in [2.45, 2.75) is 85.0 Å². The molecule has 0 radical (unpaired) electrons. The first-order valence-corrected chi connectivity index (χ1v) is 16.7. The standard InChI is InChI=1S/C28H34F3N3O7S2/c1-27(2,3)41-26(36)34-15-7-10-23(34)25(35)33-16-13-19(14-17-33)32-43(39,40)24-18-21(11-12-22(24)28(29,30)31)42(37,38)20-8-5-4-6-9-20/h4-6,8-9,11-12,18-19,23,32H,7,10,13-17H2,1-3H3/t23-/m0/s1. The van der Waals surface area contributed by atoms with Crippen LogP contribution < -0.4 is 4.72 Å². The van der Waals surface area contributed by atoms with E-state index in [1.807, 2.05) is 0 Å². The van der Waals surface area contributed by atoms with E-state index in [1.165, 1.54) is 34.1 Å². The van der Waals surface area contributed by atoms with E-state index in [0.717, 1.165) is 6.07 Å². The lowest BCUT2D eigenvalue weighted by atomic mass is 10.0. The van der Waals surface area contributed by atoms with E-state index in [0.29, 0.717) is 31.5 Å². The van der Waals surface area contributed by atoms with Gasteiger partial charge in [0.1, 0.15) is 11.6 Å². The van der Waals surface area contributed by atoms with Gasteiger partial charge in [-0.25, -0.2) is 26.4 Å². The number of ether oxygens (including phenoxy) is 1. The van der Waals surface area contributed by atoms with Crippen molar-refractivity contribution in [1.29, 1.82) is 0 Å². The molecule has 2 saturated heterocycles. The quantitative estimate of drug-likeness (QED) is 0.498. The Morgan fingerprint density at radius 3 is 2.09 bits per heavy atom. The molecule has 2 heterocycles. The van der Waals surface area contributed by atoms with Gasteiger partial charge < -0.3 is 9.64 Å². The highest BCUT2D eigenvalue weighted by atomic mass is 32.2. The third kappa shape index (κ3) is 7.50. The minimum atomic E-state index is -5.07. The molecular weight excluding hydrogens is 611 g/mol. The maximum Gasteiger partial charge on any atom is 0.417 e. The highest BCUT2D eigenvalue weighted by Crippen LogP contribution is 2.36. The van der Waals surface area contributed by atoms with Crippen LogP contribution in [0.3, 0.4) is 0 Å². The van der Waals surface area contributed by atoms with E-state index in [1.54, 1.807) is 26.8 Å². The molecule has 0 aliphatic carbocycles. The van der Waals surface area contributed by atoms with Crippen molar-refractivity contribution in [2.24, 2.45) is 0 Å². The molecule has 2 amide bonds. The van der Waals surface area contributed by atoms with Gasteiger partial charge in [0.15, 0.2) is 0 Å². The predicted molar refractivity (Wildman–Crippen MR) is 149 cm³/mol. The number of nitrogens with zero attached hydrogens (tertiary/aromatic N) is 2. The number of sulfonamides is 1. The van der Waals surface area contributed by atoms with Gasteiger partial charge in [-0.15, -0.1) is 0 Å². The molecular formula is C28H34F3N3O7S2. The molecule has 2 aliphatic heterocycles. The topological polar surface area (TPSA) is 130 Å². The van der Waals surface area contributed by atoms with Crippen LogP contribution in [-0.2, 0) is 35.6 Å². The minimum absolute atomic E-state index is 0.105. The first-order valence-electron chi connectivity index (χ1n) is 13.7. The number of benzene rings is 2. The number of amides is 2. The average Bonchev–Trinajstić information content (AvgIpc) is 3.42. The summed E-state index contributed by atoms with van der Waals surface area (Å²) in [5.74, 6) is -0.303. The van der Waals surface area contributed by atoms with Crippen LogP contribution in [0.1, 0.15) is 52.0 Å². The van der Waals surface area contributed by atoms with Crippen LogP contribution in [0, 0.1) is 0 Å². The number of halogens is 3. The highest BCUT2D eigenvalue weighted by molar-refractivity contribution is 7.91. The second-order valence-corrected chi connectivity index (χ2v) is 15.2. The molecule has 0 aromatic heterocycles. The molecule has 2 aromatic rings. The Labute approximate surface area is 249 Å². The van der Waals surface area contributed by atoms with E-state index in [-0.39, 0.29) is 36.7 Å². The molecule has 15 heteroatoms. The van der Waals surface area contributed by atoms with Crippen molar-refractivity contribution in [1.82, 2.24) is 14.5 Å². The van der Waals surface area contributed by atoms with Gasteiger partial charge in [-0.2, -0.15) is 13.2 Å². The molecule has 2 fully saturated rings. The summed E-state index contributed by atoms with van der Waals surface area (Å²) in [6.45, 7) is 5.75. The molecule has 0 spiro atoms. The summed E-state index contributed by atoms with van der Waals surface area (Å²) in [5, 5.41) is 0. The van der Waals surface area contributed by atoms with E-state index in [2.05, 4.69) is 4.72 Å². The molecule has 1 N–H and O–H groups in total. The van der Waals surface area contributed by atoms with Crippen molar-refractivity contribution in [3.63, 3.8) is 0 Å². The van der Waals surface area contributed by atoms with Crippen LogP contribution in [-0.4, -0.2) is 76.0 Å². The normalized spacial score (nSPS) is 19.0. The number of alkyl halides is 3. The zero-order chi connectivity index (χ0) is 31.8. The Morgan fingerprint density at radius 2 is 1.51 bits per heavy atom. The third-order valence-electron chi connectivity index (χ3n) is 7.21. The van der Waals surface area contributed by atoms with Gasteiger partial charge >= 0.3 is 12.3 Å². The maximum atomic E-state index is 13.9. The zero-order valence-corrected chi connectivity index (χ0v) is 25.6. The molecule has 0 saturated carbocycles. The summed E-state index contributed by atoms with van der Waals surface area (Å²) >= 11 is 0. The van der Waals surface area contributed by atoms with E-state index < -0.39 is 65.2 Å². The Bertz CT molecular complexity index is 1570.